The van der Waals surface area contributed by atoms with E-state index in [1.807, 2.05) is 0 Å². The normalized spacial score (nSPS) is 13.4. The van der Waals surface area contributed by atoms with Gasteiger partial charge >= 0.3 is 11.9 Å². The van der Waals surface area contributed by atoms with E-state index in [4.69, 9.17) is 9.47 Å². The Kier molecular flexibility index (Phi) is 71.4. The molecule has 0 fully saturated rings. The lowest BCUT2D eigenvalue weighted by Gasteiger charge is -2.15. The molecular formula is C83H132O5. The van der Waals surface area contributed by atoms with Crippen LogP contribution in [0.25, 0.3) is 0 Å². The number of unbranched alkanes of at least 4 members (excludes halogenated alkanes) is 24. The summed E-state index contributed by atoms with van der Waals surface area (Å²) in [6.45, 7) is 3.91. The van der Waals surface area contributed by atoms with Crippen LogP contribution in [0, 0.1) is 0 Å². The van der Waals surface area contributed by atoms with Crippen LogP contribution in [0.1, 0.15) is 296 Å². The highest BCUT2D eigenvalue weighted by Gasteiger charge is 2.16. The van der Waals surface area contributed by atoms with Crippen molar-refractivity contribution in [3.63, 3.8) is 0 Å². The summed E-state index contributed by atoms with van der Waals surface area (Å²) in [6.07, 6.45) is 120. The van der Waals surface area contributed by atoms with Crippen molar-refractivity contribution in [2.75, 3.05) is 13.2 Å². The van der Waals surface area contributed by atoms with Gasteiger partial charge in [0, 0.05) is 12.8 Å². The molecule has 88 heavy (non-hydrogen) atoms. The quantitative estimate of drug-likeness (QED) is 0.0373. The molecule has 5 heteroatoms. The van der Waals surface area contributed by atoms with Gasteiger partial charge < -0.3 is 14.6 Å². The van der Waals surface area contributed by atoms with Crippen molar-refractivity contribution < 1.29 is 24.2 Å². The second-order valence-electron chi connectivity index (χ2n) is 23.2. The maximum Gasteiger partial charge on any atom is 0.306 e. The molecule has 0 radical (unpaired) electrons. The molecule has 0 heterocycles. The average molecular weight is 1210 g/mol. The van der Waals surface area contributed by atoms with Crippen molar-refractivity contribution in [3.8, 4) is 0 Å². The number of rotatable bonds is 64. The van der Waals surface area contributed by atoms with Gasteiger partial charge in [0.1, 0.15) is 6.61 Å². The van der Waals surface area contributed by atoms with Gasteiger partial charge in [-0.1, -0.05) is 337 Å². The molecule has 0 saturated heterocycles. The predicted octanol–water partition coefficient (Wildman–Crippen LogP) is 25.5. The van der Waals surface area contributed by atoms with Crippen molar-refractivity contribution in [1.29, 1.82) is 0 Å². The van der Waals surface area contributed by atoms with Crippen LogP contribution >= 0.6 is 0 Å². The van der Waals surface area contributed by atoms with E-state index < -0.39 is 6.10 Å². The highest BCUT2D eigenvalue weighted by molar-refractivity contribution is 5.70. The predicted molar refractivity (Wildman–Crippen MR) is 389 cm³/mol. The Morgan fingerprint density at radius 3 is 0.682 bits per heavy atom. The van der Waals surface area contributed by atoms with E-state index in [0.29, 0.717) is 12.8 Å². The van der Waals surface area contributed by atoms with Crippen LogP contribution in [0.4, 0.5) is 0 Å². The molecular weight excluding hydrogens is 1080 g/mol. The molecule has 1 atom stereocenters. The number of carbonyl (C=O) groups excluding carboxylic acids is 2. The summed E-state index contributed by atoms with van der Waals surface area (Å²) >= 11 is 0. The Morgan fingerprint density at radius 2 is 0.455 bits per heavy atom. The van der Waals surface area contributed by atoms with Crippen molar-refractivity contribution in [3.05, 3.63) is 194 Å². The number of allylic oxidation sites excluding steroid dienone is 32. The topological polar surface area (TPSA) is 72.8 Å². The second-order valence-corrected chi connectivity index (χ2v) is 23.2. The van der Waals surface area contributed by atoms with Crippen LogP contribution in [0.15, 0.2) is 194 Å². The third kappa shape index (κ3) is 73.2. The highest BCUT2D eigenvalue weighted by atomic mass is 16.6. The summed E-state index contributed by atoms with van der Waals surface area (Å²) in [5, 5.41) is 9.71. The van der Waals surface area contributed by atoms with E-state index in [1.165, 1.54) is 128 Å². The maximum absolute atomic E-state index is 12.4. The van der Waals surface area contributed by atoms with Crippen LogP contribution in [-0.2, 0) is 19.1 Å². The van der Waals surface area contributed by atoms with Crippen molar-refractivity contribution >= 4 is 11.9 Å². The molecule has 0 aromatic rings. The van der Waals surface area contributed by atoms with Crippen LogP contribution in [-0.4, -0.2) is 36.4 Å². The van der Waals surface area contributed by atoms with Gasteiger partial charge in [0.05, 0.1) is 6.61 Å². The lowest BCUT2D eigenvalue weighted by atomic mass is 10.0. The third-order valence-electron chi connectivity index (χ3n) is 14.9. The Labute approximate surface area is 543 Å². The Bertz CT molecular complexity index is 2000. The standard InChI is InChI=1S/C83H132O5/c1-3-5-7-9-11-13-15-17-19-21-23-25-27-29-31-33-35-37-38-39-40-41-42-43-44-46-48-50-52-54-56-58-60-62-64-66-68-70-72-74-76-78-83(86)88-81(79-84)80-87-82(85)77-75-73-71-69-67-65-63-61-59-57-55-53-51-49-47-45-36-34-32-30-28-26-24-22-20-18-16-14-12-10-8-6-4-2/h5-8,11-14,17-20,23-26,29-32,35-37,39-40,42-43,45-46,48-49,51,81,84H,3-4,9-10,15-16,21-22,27-28,33-34,38,41,44,47,50,52-80H2,1-2H3/b7-5-,8-6-,13-11-,14-12-,19-17-,20-18-,25-23-,26-24-,31-29-,32-30-,37-35-,40-39-,43-42-,45-36-,48-46-,51-49-. The number of aliphatic hydroxyl groups excluding tert-OH is 1. The molecule has 1 unspecified atom stereocenters. The monoisotopic (exact) mass is 1210 g/mol. The minimum absolute atomic E-state index is 0.0771. The lowest BCUT2D eigenvalue weighted by molar-refractivity contribution is -0.161. The summed E-state index contributed by atoms with van der Waals surface area (Å²) in [5.74, 6) is -0.600. The molecule has 0 aliphatic carbocycles. The summed E-state index contributed by atoms with van der Waals surface area (Å²) in [4.78, 5) is 24.7. The first kappa shape index (κ1) is 82.7. The smallest absolute Gasteiger partial charge is 0.306 e. The van der Waals surface area contributed by atoms with E-state index in [2.05, 4.69) is 208 Å². The van der Waals surface area contributed by atoms with Crippen LogP contribution in [0.3, 0.4) is 0 Å². The van der Waals surface area contributed by atoms with Gasteiger partial charge in [-0.2, -0.15) is 0 Å². The summed E-state index contributed by atoms with van der Waals surface area (Å²) < 4.78 is 10.8. The molecule has 0 aromatic heterocycles. The SMILES string of the molecule is CC/C=C\C/C=C\C/C=C\C/C=C\C/C=C\C/C=C\C/C=C\C/C=C\C/C=C\CCCCCCCCCCCCCCCC(=O)OC(CO)COC(=O)CCCCCCCCCCCCC/C=C\C/C=C\C/C=C\C/C=C\C/C=C\C/C=C\C/C=C\CC. The minimum Gasteiger partial charge on any atom is -0.462 e. The third-order valence-corrected chi connectivity index (χ3v) is 14.9. The van der Waals surface area contributed by atoms with Crippen molar-refractivity contribution in [2.45, 2.75) is 302 Å². The zero-order valence-electron chi connectivity index (χ0n) is 56.7. The van der Waals surface area contributed by atoms with Gasteiger partial charge in [0.2, 0.25) is 0 Å². The zero-order valence-corrected chi connectivity index (χ0v) is 56.7. The van der Waals surface area contributed by atoms with E-state index in [1.54, 1.807) is 0 Å². The van der Waals surface area contributed by atoms with Gasteiger partial charge in [-0.05, 0) is 141 Å². The van der Waals surface area contributed by atoms with Gasteiger partial charge in [-0.3, -0.25) is 9.59 Å². The Morgan fingerprint density at radius 1 is 0.261 bits per heavy atom. The molecule has 0 rings (SSSR count). The van der Waals surface area contributed by atoms with Gasteiger partial charge in [-0.25, -0.2) is 0 Å². The van der Waals surface area contributed by atoms with E-state index in [9.17, 15) is 14.7 Å². The van der Waals surface area contributed by atoms with Crippen molar-refractivity contribution in [1.82, 2.24) is 0 Å². The fourth-order valence-corrected chi connectivity index (χ4v) is 9.59. The highest BCUT2D eigenvalue weighted by Crippen LogP contribution is 2.16. The van der Waals surface area contributed by atoms with E-state index in [-0.39, 0.29) is 25.2 Å². The molecule has 1 N–H and O–H groups in total. The number of esters is 2. The van der Waals surface area contributed by atoms with Gasteiger partial charge in [0.15, 0.2) is 6.10 Å². The minimum atomic E-state index is -0.788. The molecule has 5 nitrogen and oxygen atoms in total. The van der Waals surface area contributed by atoms with E-state index in [0.717, 1.165) is 141 Å². The molecule has 494 valence electrons. The van der Waals surface area contributed by atoms with Crippen LogP contribution in [0.2, 0.25) is 0 Å². The fourth-order valence-electron chi connectivity index (χ4n) is 9.59. The molecule has 0 aliphatic heterocycles. The second kappa shape index (κ2) is 76.0. The zero-order chi connectivity index (χ0) is 63.3. The number of hydrogen-bond acceptors (Lipinski definition) is 5. The number of aliphatic hydroxyl groups is 1. The molecule has 0 bridgehead atoms. The van der Waals surface area contributed by atoms with Gasteiger partial charge in [0.25, 0.3) is 0 Å². The number of carbonyl (C=O) groups is 2. The Balaban J connectivity index is 3.55. The number of ether oxygens (including phenoxy) is 2. The Hall–Kier alpha value is -5.26. The molecule has 0 aromatic carbocycles. The molecule has 0 aliphatic rings. The molecule has 0 amide bonds. The summed E-state index contributed by atoms with van der Waals surface area (Å²) in [7, 11) is 0. The first-order valence-electron chi connectivity index (χ1n) is 36.0. The first-order valence-corrected chi connectivity index (χ1v) is 36.0. The van der Waals surface area contributed by atoms with Gasteiger partial charge in [-0.15, -0.1) is 0 Å². The first-order chi connectivity index (χ1) is 43.6. The van der Waals surface area contributed by atoms with Crippen molar-refractivity contribution in [2.24, 2.45) is 0 Å². The largest absolute Gasteiger partial charge is 0.462 e. The average Bonchev–Trinajstić information content (AvgIpc) is 3.56. The van der Waals surface area contributed by atoms with E-state index >= 15 is 0 Å². The molecule has 0 spiro atoms. The van der Waals surface area contributed by atoms with Crippen LogP contribution in [0.5, 0.6) is 0 Å². The summed E-state index contributed by atoms with van der Waals surface area (Å²) in [6, 6.07) is 0. The molecule has 0 saturated carbocycles. The van der Waals surface area contributed by atoms with Crippen LogP contribution < -0.4 is 0 Å². The maximum atomic E-state index is 12.4. The lowest BCUT2D eigenvalue weighted by Crippen LogP contribution is -2.28. The number of hydrogen-bond donors (Lipinski definition) is 1. The fraction of sp³-hybridized carbons (Fsp3) is 0.590. The summed E-state index contributed by atoms with van der Waals surface area (Å²) in [5.41, 5.74) is 0.